The number of hydrogen-bond donors (Lipinski definition) is 2. The minimum atomic E-state index is -0.585. The second-order valence-corrected chi connectivity index (χ2v) is 7.50. The Morgan fingerprint density at radius 2 is 1.72 bits per heavy atom. The molecule has 2 aromatic carbocycles. The highest BCUT2D eigenvalue weighted by Crippen LogP contribution is 2.23. The predicted molar refractivity (Wildman–Crippen MR) is 115 cm³/mol. The van der Waals surface area contributed by atoms with Gasteiger partial charge in [0.05, 0.1) is 11.3 Å². The lowest BCUT2D eigenvalue weighted by Crippen LogP contribution is -2.29. The zero-order valence-electron chi connectivity index (χ0n) is 16.7. The summed E-state index contributed by atoms with van der Waals surface area (Å²) in [5.74, 6) is -0.931. The van der Waals surface area contributed by atoms with Gasteiger partial charge >= 0.3 is 5.97 Å². The van der Waals surface area contributed by atoms with E-state index < -0.39 is 5.97 Å². The van der Waals surface area contributed by atoms with E-state index in [9.17, 15) is 14.4 Å². The van der Waals surface area contributed by atoms with E-state index in [0.717, 1.165) is 24.1 Å². The number of carbonyl (C=O) groups is 3. The minimum Gasteiger partial charge on any atom is -0.452 e. The average molecular weight is 415 g/mol. The first-order valence-electron chi connectivity index (χ1n) is 9.51. The van der Waals surface area contributed by atoms with Crippen LogP contribution in [-0.2, 0) is 14.3 Å². The van der Waals surface area contributed by atoms with Crippen molar-refractivity contribution in [2.24, 2.45) is 0 Å². The minimum absolute atomic E-state index is 0.148. The molecule has 0 fully saturated rings. The Balaban J connectivity index is 1.87. The Kier molecular flexibility index (Phi) is 9.24. The summed E-state index contributed by atoms with van der Waals surface area (Å²) in [7, 11) is 0. The Labute approximate surface area is 175 Å². The van der Waals surface area contributed by atoms with Crippen molar-refractivity contribution in [1.29, 1.82) is 0 Å². The van der Waals surface area contributed by atoms with Crippen molar-refractivity contribution >= 4 is 35.2 Å². The van der Waals surface area contributed by atoms with Gasteiger partial charge in [-0.3, -0.25) is 9.59 Å². The molecular formula is C22H26N2O4S. The predicted octanol–water partition coefficient (Wildman–Crippen LogP) is 3.80. The van der Waals surface area contributed by atoms with E-state index in [0.29, 0.717) is 17.0 Å². The van der Waals surface area contributed by atoms with Gasteiger partial charge in [-0.25, -0.2) is 4.79 Å². The maximum absolute atomic E-state index is 12.4. The summed E-state index contributed by atoms with van der Waals surface area (Å²) in [4.78, 5) is 36.9. The molecule has 29 heavy (non-hydrogen) atoms. The SMILES string of the molecule is CCCCNC(=O)COC(=O)c1ccccc1SCC(=O)Nc1ccc(C)cc1. The molecule has 7 heteroatoms. The number of hydrogen-bond acceptors (Lipinski definition) is 5. The molecule has 2 aromatic rings. The maximum atomic E-state index is 12.4. The number of thioether (sulfide) groups is 1. The number of benzene rings is 2. The lowest BCUT2D eigenvalue weighted by molar-refractivity contribution is -0.124. The molecule has 2 N–H and O–H groups in total. The van der Waals surface area contributed by atoms with Crippen molar-refractivity contribution in [3.05, 3.63) is 59.7 Å². The molecule has 0 saturated carbocycles. The summed E-state index contributed by atoms with van der Waals surface area (Å²) in [6, 6.07) is 14.4. The van der Waals surface area contributed by atoms with Crippen LogP contribution in [0.4, 0.5) is 5.69 Å². The van der Waals surface area contributed by atoms with E-state index in [1.165, 1.54) is 11.8 Å². The number of amides is 2. The molecule has 2 rings (SSSR count). The molecule has 6 nitrogen and oxygen atoms in total. The van der Waals surface area contributed by atoms with Crippen LogP contribution in [0.2, 0.25) is 0 Å². The third kappa shape index (κ3) is 7.99. The molecule has 0 radical (unpaired) electrons. The Morgan fingerprint density at radius 3 is 2.45 bits per heavy atom. The molecule has 0 aromatic heterocycles. The van der Waals surface area contributed by atoms with Crippen LogP contribution >= 0.6 is 11.8 Å². The Morgan fingerprint density at radius 1 is 1.00 bits per heavy atom. The van der Waals surface area contributed by atoms with Crippen LogP contribution in [0.5, 0.6) is 0 Å². The first-order valence-corrected chi connectivity index (χ1v) is 10.5. The summed E-state index contributed by atoms with van der Waals surface area (Å²) in [6.07, 6.45) is 1.85. The molecule has 0 aliphatic heterocycles. The van der Waals surface area contributed by atoms with Crippen LogP contribution in [0.15, 0.2) is 53.4 Å². The smallest absolute Gasteiger partial charge is 0.339 e. The van der Waals surface area contributed by atoms with E-state index in [2.05, 4.69) is 10.6 Å². The van der Waals surface area contributed by atoms with E-state index in [4.69, 9.17) is 4.74 Å². The van der Waals surface area contributed by atoms with Crippen LogP contribution in [0, 0.1) is 6.92 Å². The molecule has 0 heterocycles. The second-order valence-electron chi connectivity index (χ2n) is 6.48. The molecule has 0 unspecified atom stereocenters. The highest BCUT2D eigenvalue weighted by Gasteiger charge is 2.15. The maximum Gasteiger partial charge on any atom is 0.339 e. The zero-order valence-corrected chi connectivity index (χ0v) is 17.5. The molecule has 0 bridgehead atoms. The highest BCUT2D eigenvalue weighted by molar-refractivity contribution is 8.00. The van der Waals surface area contributed by atoms with Crippen molar-refractivity contribution < 1.29 is 19.1 Å². The summed E-state index contributed by atoms with van der Waals surface area (Å²) in [5, 5.41) is 5.52. The van der Waals surface area contributed by atoms with E-state index in [1.807, 2.05) is 38.1 Å². The summed E-state index contributed by atoms with van der Waals surface area (Å²) < 4.78 is 5.11. The molecule has 0 aliphatic carbocycles. The van der Waals surface area contributed by atoms with Gasteiger partial charge < -0.3 is 15.4 Å². The van der Waals surface area contributed by atoms with Crippen molar-refractivity contribution in [2.45, 2.75) is 31.6 Å². The van der Waals surface area contributed by atoms with Crippen molar-refractivity contribution in [2.75, 3.05) is 24.2 Å². The number of rotatable bonds is 10. The van der Waals surface area contributed by atoms with Crippen LogP contribution < -0.4 is 10.6 Å². The normalized spacial score (nSPS) is 10.3. The van der Waals surface area contributed by atoms with E-state index >= 15 is 0 Å². The van der Waals surface area contributed by atoms with Crippen molar-refractivity contribution in [3.63, 3.8) is 0 Å². The number of nitrogens with one attached hydrogen (secondary N) is 2. The summed E-state index contributed by atoms with van der Waals surface area (Å²) in [5.41, 5.74) is 2.17. The molecule has 0 atom stereocenters. The fourth-order valence-electron chi connectivity index (χ4n) is 2.40. The number of ether oxygens (including phenoxy) is 1. The monoisotopic (exact) mass is 414 g/mol. The lowest BCUT2D eigenvalue weighted by Gasteiger charge is -2.10. The number of carbonyl (C=O) groups excluding carboxylic acids is 3. The first kappa shape index (κ1) is 22.5. The fraction of sp³-hybridized carbons (Fsp3) is 0.318. The van der Waals surface area contributed by atoms with Crippen molar-refractivity contribution in [1.82, 2.24) is 5.32 Å². The van der Waals surface area contributed by atoms with Gasteiger partial charge in [-0.2, -0.15) is 0 Å². The van der Waals surface area contributed by atoms with Gasteiger partial charge in [0.1, 0.15) is 0 Å². The van der Waals surface area contributed by atoms with Gasteiger partial charge in [-0.1, -0.05) is 43.2 Å². The van der Waals surface area contributed by atoms with E-state index in [1.54, 1.807) is 24.3 Å². The van der Waals surface area contributed by atoms with Gasteiger partial charge in [0.25, 0.3) is 5.91 Å². The quantitative estimate of drug-likeness (QED) is 0.351. The zero-order chi connectivity index (χ0) is 21.1. The topological polar surface area (TPSA) is 84.5 Å². The molecule has 154 valence electrons. The lowest BCUT2D eigenvalue weighted by atomic mass is 10.2. The van der Waals surface area contributed by atoms with Gasteiger partial charge in [-0.05, 0) is 37.6 Å². The van der Waals surface area contributed by atoms with Gasteiger partial charge in [0.15, 0.2) is 6.61 Å². The third-order valence-electron chi connectivity index (χ3n) is 3.99. The largest absolute Gasteiger partial charge is 0.452 e. The molecule has 0 saturated heterocycles. The van der Waals surface area contributed by atoms with Crippen LogP contribution in [0.25, 0.3) is 0 Å². The standard InChI is InChI=1S/C22H26N2O4S/c1-3-4-13-23-20(25)14-28-22(27)18-7-5-6-8-19(18)29-15-21(26)24-17-11-9-16(2)10-12-17/h5-12H,3-4,13-15H2,1-2H3,(H,23,25)(H,24,26). The second kappa shape index (κ2) is 11.9. The first-order chi connectivity index (χ1) is 14.0. The summed E-state index contributed by atoms with van der Waals surface area (Å²) in [6.45, 7) is 4.25. The molecule has 0 aliphatic rings. The van der Waals surface area contributed by atoms with Crippen LogP contribution in [0.3, 0.4) is 0 Å². The van der Waals surface area contributed by atoms with Gasteiger partial charge in [0.2, 0.25) is 5.91 Å². The summed E-state index contributed by atoms with van der Waals surface area (Å²) >= 11 is 1.24. The Bertz CT molecular complexity index is 837. The number of esters is 1. The number of anilines is 1. The van der Waals surface area contributed by atoms with E-state index in [-0.39, 0.29) is 24.2 Å². The fourth-order valence-corrected chi connectivity index (χ4v) is 3.24. The third-order valence-corrected chi connectivity index (χ3v) is 5.06. The van der Waals surface area contributed by atoms with Crippen LogP contribution in [0.1, 0.15) is 35.7 Å². The molecular weight excluding hydrogens is 388 g/mol. The highest BCUT2D eigenvalue weighted by atomic mass is 32.2. The molecule has 2 amide bonds. The average Bonchev–Trinajstić information content (AvgIpc) is 2.72. The Hall–Kier alpha value is -2.80. The number of unbranched alkanes of at least 4 members (excludes halogenated alkanes) is 1. The van der Waals surface area contributed by atoms with Gasteiger partial charge in [0, 0.05) is 17.1 Å². The van der Waals surface area contributed by atoms with Crippen LogP contribution in [-0.4, -0.2) is 36.7 Å². The van der Waals surface area contributed by atoms with Gasteiger partial charge in [-0.15, -0.1) is 11.8 Å². The van der Waals surface area contributed by atoms with Crippen molar-refractivity contribution in [3.8, 4) is 0 Å². The molecule has 0 spiro atoms. The number of aryl methyl sites for hydroxylation is 1.